The molecule has 0 amide bonds. The van der Waals surface area contributed by atoms with Gasteiger partial charge in [0.15, 0.2) is 0 Å². The summed E-state index contributed by atoms with van der Waals surface area (Å²) in [5.41, 5.74) is 5.91. The van der Waals surface area contributed by atoms with Crippen molar-refractivity contribution in [1.29, 1.82) is 0 Å². The van der Waals surface area contributed by atoms with Gasteiger partial charge < -0.3 is 4.90 Å². The third-order valence-corrected chi connectivity index (χ3v) is 4.61. The van der Waals surface area contributed by atoms with E-state index >= 15 is 0 Å². The van der Waals surface area contributed by atoms with E-state index in [1.54, 1.807) is 0 Å². The quantitative estimate of drug-likeness (QED) is 0.421. The molecule has 0 aliphatic carbocycles. The van der Waals surface area contributed by atoms with Gasteiger partial charge in [0.1, 0.15) is 0 Å². The second kappa shape index (κ2) is 6.90. The van der Waals surface area contributed by atoms with Gasteiger partial charge in [0, 0.05) is 26.0 Å². The zero-order valence-electron chi connectivity index (χ0n) is 13.1. The first-order valence-electron chi connectivity index (χ1n) is 7.42. The van der Waals surface area contributed by atoms with Crippen LogP contribution in [0.5, 0.6) is 0 Å². The van der Waals surface area contributed by atoms with E-state index in [2.05, 4.69) is 111 Å². The van der Waals surface area contributed by atoms with Crippen LogP contribution in [0.2, 0.25) is 0 Å². The Morgan fingerprint density at radius 2 is 0.957 bits per heavy atom. The van der Waals surface area contributed by atoms with E-state index in [0.29, 0.717) is 0 Å². The number of aryl methyl sites for hydroxylation is 2. The number of hydrogen-bond donors (Lipinski definition) is 0. The zero-order valence-corrected chi connectivity index (χ0v) is 16.2. The van der Waals surface area contributed by atoms with E-state index in [9.17, 15) is 0 Å². The van der Waals surface area contributed by atoms with E-state index in [1.807, 2.05) is 6.07 Å². The molecule has 0 N–H and O–H groups in total. The molecule has 1 nitrogen and oxygen atoms in total. The maximum atomic E-state index is 3.59. The van der Waals surface area contributed by atoms with E-state index in [-0.39, 0.29) is 0 Å². The fourth-order valence-electron chi connectivity index (χ4n) is 2.50. The molecule has 0 saturated heterocycles. The maximum absolute atomic E-state index is 3.59. The summed E-state index contributed by atoms with van der Waals surface area (Å²) in [7, 11) is 0. The molecule has 3 heteroatoms. The largest absolute Gasteiger partial charge is 0.310 e. The lowest BCUT2D eigenvalue weighted by atomic mass is 10.1. The lowest BCUT2D eigenvalue weighted by molar-refractivity contribution is 1.26. The molecule has 116 valence electrons. The molecule has 0 aliphatic rings. The molecule has 0 fully saturated rings. The lowest BCUT2D eigenvalue weighted by Gasteiger charge is -2.26. The number of anilines is 3. The van der Waals surface area contributed by atoms with Crippen LogP contribution in [0.15, 0.2) is 75.7 Å². The van der Waals surface area contributed by atoms with Crippen LogP contribution in [0.1, 0.15) is 11.1 Å². The van der Waals surface area contributed by atoms with Gasteiger partial charge in [-0.1, -0.05) is 67.3 Å². The maximum Gasteiger partial charge on any atom is 0.0484 e. The van der Waals surface area contributed by atoms with E-state index < -0.39 is 0 Å². The Morgan fingerprint density at radius 1 is 0.565 bits per heavy atom. The topological polar surface area (TPSA) is 3.24 Å². The highest BCUT2D eigenvalue weighted by Gasteiger charge is 2.13. The van der Waals surface area contributed by atoms with Crippen LogP contribution in [0.4, 0.5) is 17.1 Å². The van der Waals surface area contributed by atoms with Gasteiger partial charge in [-0.15, -0.1) is 0 Å². The van der Waals surface area contributed by atoms with Crippen molar-refractivity contribution in [2.24, 2.45) is 0 Å². The predicted molar refractivity (Wildman–Crippen MR) is 106 cm³/mol. The molecule has 0 radical (unpaired) electrons. The van der Waals surface area contributed by atoms with Gasteiger partial charge in [0.05, 0.1) is 0 Å². The Hall–Kier alpha value is -1.58. The van der Waals surface area contributed by atoms with Crippen LogP contribution in [0.25, 0.3) is 0 Å². The Bertz CT molecular complexity index is 742. The van der Waals surface area contributed by atoms with Crippen LogP contribution in [0.3, 0.4) is 0 Å². The Labute approximate surface area is 154 Å². The highest BCUT2D eigenvalue weighted by molar-refractivity contribution is 9.11. The first-order chi connectivity index (χ1) is 11.0. The van der Waals surface area contributed by atoms with Crippen molar-refractivity contribution in [3.63, 3.8) is 0 Å². The Balaban J connectivity index is 2.16. The monoisotopic (exact) mass is 429 g/mol. The number of nitrogens with zero attached hydrogens (tertiary/aromatic N) is 1. The lowest BCUT2D eigenvalue weighted by Crippen LogP contribution is -2.10. The number of benzene rings is 3. The minimum Gasteiger partial charge on any atom is -0.310 e. The second-order valence-electron chi connectivity index (χ2n) is 5.63. The van der Waals surface area contributed by atoms with Gasteiger partial charge in [-0.3, -0.25) is 0 Å². The van der Waals surface area contributed by atoms with Crippen LogP contribution < -0.4 is 4.90 Å². The summed E-state index contributed by atoms with van der Waals surface area (Å²) >= 11 is 7.19. The standard InChI is InChI=1S/C20H17Br2N/c1-14-3-7-18(8-4-14)23(19-9-5-15(2)6-10-19)20-12-16(21)11-17(22)13-20/h3-13H,1-2H3. The minimum atomic E-state index is 1.05. The Kier molecular flexibility index (Phi) is 4.88. The Morgan fingerprint density at radius 3 is 1.35 bits per heavy atom. The minimum absolute atomic E-state index is 1.05. The first-order valence-corrected chi connectivity index (χ1v) is 9.01. The third-order valence-electron chi connectivity index (χ3n) is 3.69. The highest BCUT2D eigenvalue weighted by atomic mass is 79.9. The summed E-state index contributed by atoms with van der Waals surface area (Å²) in [6, 6.07) is 23.5. The van der Waals surface area contributed by atoms with Crippen LogP contribution in [-0.2, 0) is 0 Å². The SMILES string of the molecule is Cc1ccc(N(c2ccc(C)cc2)c2cc(Br)cc(Br)c2)cc1. The normalized spacial score (nSPS) is 10.6. The molecule has 23 heavy (non-hydrogen) atoms. The zero-order chi connectivity index (χ0) is 16.4. The molecular weight excluding hydrogens is 414 g/mol. The molecule has 0 aromatic heterocycles. The van der Waals surface area contributed by atoms with Gasteiger partial charge in [-0.05, 0) is 56.3 Å². The molecule has 0 saturated carbocycles. The summed E-state index contributed by atoms with van der Waals surface area (Å²) in [6.07, 6.45) is 0. The molecule has 3 aromatic carbocycles. The van der Waals surface area contributed by atoms with Crippen molar-refractivity contribution >= 4 is 48.9 Å². The summed E-state index contributed by atoms with van der Waals surface area (Å²) in [5, 5.41) is 0. The summed E-state index contributed by atoms with van der Waals surface area (Å²) in [5.74, 6) is 0. The smallest absolute Gasteiger partial charge is 0.0484 e. The average molecular weight is 431 g/mol. The molecule has 0 unspecified atom stereocenters. The molecule has 0 atom stereocenters. The molecular formula is C20H17Br2N. The molecule has 0 heterocycles. The van der Waals surface area contributed by atoms with Crippen molar-refractivity contribution in [2.75, 3.05) is 4.90 Å². The van der Waals surface area contributed by atoms with E-state index in [1.165, 1.54) is 11.1 Å². The fourth-order valence-corrected chi connectivity index (χ4v) is 3.77. The molecule has 3 rings (SSSR count). The molecule has 0 bridgehead atoms. The average Bonchev–Trinajstić information content (AvgIpc) is 2.50. The van der Waals surface area contributed by atoms with E-state index in [0.717, 1.165) is 26.0 Å². The summed E-state index contributed by atoms with van der Waals surface area (Å²) in [4.78, 5) is 2.26. The number of halogens is 2. The van der Waals surface area contributed by atoms with Gasteiger partial charge in [0.2, 0.25) is 0 Å². The highest BCUT2D eigenvalue weighted by Crippen LogP contribution is 2.37. The van der Waals surface area contributed by atoms with Crippen molar-refractivity contribution in [3.8, 4) is 0 Å². The molecule has 0 aliphatic heterocycles. The van der Waals surface area contributed by atoms with Crippen molar-refractivity contribution in [1.82, 2.24) is 0 Å². The van der Waals surface area contributed by atoms with Gasteiger partial charge in [-0.2, -0.15) is 0 Å². The van der Waals surface area contributed by atoms with E-state index in [4.69, 9.17) is 0 Å². The summed E-state index contributed by atoms with van der Waals surface area (Å²) in [6.45, 7) is 4.21. The molecule has 3 aromatic rings. The predicted octanol–water partition coefficient (Wildman–Crippen LogP) is 7.30. The fraction of sp³-hybridized carbons (Fsp3) is 0.100. The first kappa shape index (κ1) is 16.3. The second-order valence-corrected chi connectivity index (χ2v) is 7.47. The van der Waals surface area contributed by atoms with Crippen molar-refractivity contribution in [2.45, 2.75) is 13.8 Å². The van der Waals surface area contributed by atoms with Gasteiger partial charge in [-0.25, -0.2) is 0 Å². The van der Waals surface area contributed by atoms with Gasteiger partial charge >= 0.3 is 0 Å². The number of rotatable bonds is 3. The van der Waals surface area contributed by atoms with Crippen molar-refractivity contribution < 1.29 is 0 Å². The summed E-state index contributed by atoms with van der Waals surface area (Å²) < 4.78 is 2.09. The number of hydrogen-bond acceptors (Lipinski definition) is 1. The molecule has 0 spiro atoms. The van der Waals surface area contributed by atoms with Crippen molar-refractivity contribution in [3.05, 3.63) is 86.8 Å². The third kappa shape index (κ3) is 3.85. The van der Waals surface area contributed by atoms with Gasteiger partial charge in [0.25, 0.3) is 0 Å². The van der Waals surface area contributed by atoms with Crippen LogP contribution in [0, 0.1) is 13.8 Å². The van der Waals surface area contributed by atoms with Crippen LogP contribution in [-0.4, -0.2) is 0 Å². The van der Waals surface area contributed by atoms with Crippen LogP contribution >= 0.6 is 31.9 Å².